The number of hydrogen-bond donors (Lipinski definition) is 1. The lowest BCUT2D eigenvalue weighted by atomic mass is 10.0. The van der Waals surface area contributed by atoms with Crippen molar-refractivity contribution in [2.75, 3.05) is 18.5 Å². The van der Waals surface area contributed by atoms with Crippen LogP contribution in [0.5, 0.6) is 0 Å². The molecule has 138 valence electrons. The van der Waals surface area contributed by atoms with Crippen LogP contribution in [-0.4, -0.2) is 38.7 Å². The molecule has 7 heteroatoms. The van der Waals surface area contributed by atoms with Gasteiger partial charge in [0.25, 0.3) is 5.78 Å². The summed E-state index contributed by atoms with van der Waals surface area (Å²) in [5.74, 6) is 0.613. The molecule has 2 aliphatic rings. The first-order valence-electron chi connectivity index (χ1n) is 9.50. The van der Waals surface area contributed by atoms with Gasteiger partial charge in [0.2, 0.25) is 5.91 Å². The number of benzene rings is 1. The van der Waals surface area contributed by atoms with E-state index in [1.165, 1.54) is 12.8 Å². The number of carbonyl (C=O) groups excluding carboxylic acids is 1. The summed E-state index contributed by atoms with van der Waals surface area (Å²) in [6, 6.07) is 7.72. The Bertz CT molecular complexity index is 947. The van der Waals surface area contributed by atoms with Crippen molar-refractivity contribution in [2.24, 2.45) is 5.92 Å². The number of rotatable bonds is 3. The predicted molar refractivity (Wildman–Crippen MR) is 100 cm³/mol. The summed E-state index contributed by atoms with van der Waals surface area (Å²) in [5.41, 5.74) is 4.76. The smallest absolute Gasteiger partial charge is 0.251 e. The average molecular weight is 363 g/mol. The Labute approximate surface area is 156 Å². The molecule has 1 N–H and O–H groups in total. The summed E-state index contributed by atoms with van der Waals surface area (Å²) in [6.07, 6.45) is 7.03. The van der Waals surface area contributed by atoms with Crippen LogP contribution in [0, 0.1) is 5.92 Å². The van der Waals surface area contributed by atoms with E-state index >= 15 is 0 Å². The molecule has 7 nitrogen and oxygen atoms in total. The van der Waals surface area contributed by atoms with E-state index in [1.54, 1.807) is 4.52 Å². The molecule has 1 atom stereocenters. The lowest BCUT2D eigenvalue weighted by molar-refractivity contribution is -0.119. The van der Waals surface area contributed by atoms with Gasteiger partial charge in [-0.2, -0.15) is 5.10 Å². The van der Waals surface area contributed by atoms with E-state index in [4.69, 9.17) is 4.74 Å². The average Bonchev–Trinajstić information content (AvgIpc) is 3.36. The van der Waals surface area contributed by atoms with E-state index in [9.17, 15) is 4.79 Å². The van der Waals surface area contributed by atoms with Crippen LogP contribution in [0.15, 0.2) is 30.5 Å². The largest absolute Gasteiger partial charge is 0.381 e. The second-order valence-corrected chi connectivity index (χ2v) is 7.21. The minimum atomic E-state index is -0.0497. The van der Waals surface area contributed by atoms with Crippen LogP contribution >= 0.6 is 0 Å². The van der Waals surface area contributed by atoms with Crippen LogP contribution in [0.1, 0.15) is 30.7 Å². The molecule has 27 heavy (non-hydrogen) atoms. The third-order valence-corrected chi connectivity index (χ3v) is 5.29. The summed E-state index contributed by atoms with van der Waals surface area (Å²) < 4.78 is 7.05. The van der Waals surface area contributed by atoms with Crippen LogP contribution in [0.25, 0.3) is 17.0 Å². The van der Waals surface area contributed by atoms with Gasteiger partial charge in [-0.15, -0.1) is 0 Å². The molecule has 2 aromatic heterocycles. The molecule has 3 aromatic rings. The van der Waals surface area contributed by atoms with E-state index in [0.717, 1.165) is 47.6 Å². The third kappa shape index (κ3) is 3.19. The van der Waals surface area contributed by atoms with Gasteiger partial charge >= 0.3 is 0 Å². The number of imidazole rings is 1. The first kappa shape index (κ1) is 16.4. The highest BCUT2D eigenvalue weighted by molar-refractivity contribution is 5.93. The molecule has 1 saturated heterocycles. The zero-order valence-corrected chi connectivity index (χ0v) is 15.0. The van der Waals surface area contributed by atoms with Crippen molar-refractivity contribution in [2.45, 2.75) is 32.1 Å². The number of amides is 1. The second kappa shape index (κ2) is 6.74. The molecule has 1 aliphatic carbocycles. The molecule has 0 spiro atoms. The number of fused-ring (bicyclic) bond motifs is 2. The fourth-order valence-corrected chi connectivity index (χ4v) is 3.71. The normalized spacial score (nSPS) is 19.2. The van der Waals surface area contributed by atoms with Crippen LogP contribution in [0.4, 0.5) is 5.69 Å². The van der Waals surface area contributed by atoms with E-state index in [1.807, 2.05) is 30.5 Å². The minimum Gasteiger partial charge on any atom is -0.381 e. The van der Waals surface area contributed by atoms with Crippen molar-refractivity contribution in [1.82, 2.24) is 19.6 Å². The molecule has 1 aliphatic heterocycles. The molecule has 0 bridgehead atoms. The number of aromatic nitrogens is 4. The molecule has 3 heterocycles. The monoisotopic (exact) mass is 363 g/mol. The number of ether oxygens (including phenoxy) is 1. The van der Waals surface area contributed by atoms with Crippen molar-refractivity contribution >= 4 is 17.4 Å². The third-order valence-electron chi connectivity index (χ3n) is 5.29. The van der Waals surface area contributed by atoms with Gasteiger partial charge in [0.1, 0.15) is 0 Å². The molecule has 1 fully saturated rings. The van der Waals surface area contributed by atoms with Gasteiger partial charge in [0, 0.05) is 17.9 Å². The summed E-state index contributed by atoms with van der Waals surface area (Å²) in [4.78, 5) is 21.5. The van der Waals surface area contributed by atoms with E-state index in [0.29, 0.717) is 19.0 Å². The number of carbonyl (C=O) groups is 1. The fourth-order valence-electron chi connectivity index (χ4n) is 3.71. The zero-order chi connectivity index (χ0) is 18.2. The van der Waals surface area contributed by atoms with Gasteiger partial charge in [-0.1, -0.05) is 12.1 Å². The highest BCUT2D eigenvalue weighted by atomic mass is 16.5. The number of hydrogen-bond acceptors (Lipinski definition) is 5. The van der Waals surface area contributed by atoms with E-state index in [-0.39, 0.29) is 11.8 Å². The lowest BCUT2D eigenvalue weighted by Gasteiger charge is -2.12. The van der Waals surface area contributed by atoms with Crippen LogP contribution in [-0.2, 0) is 22.4 Å². The molecular formula is C20H21N5O2. The second-order valence-electron chi connectivity index (χ2n) is 7.21. The summed E-state index contributed by atoms with van der Waals surface area (Å²) in [7, 11) is 0. The molecule has 0 unspecified atom stereocenters. The Hall–Kier alpha value is -2.80. The van der Waals surface area contributed by atoms with Crippen molar-refractivity contribution < 1.29 is 9.53 Å². The highest BCUT2D eigenvalue weighted by Gasteiger charge is 2.23. The Balaban J connectivity index is 1.37. The highest BCUT2D eigenvalue weighted by Crippen LogP contribution is 2.23. The van der Waals surface area contributed by atoms with Crippen molar-refractivity contribution in [3.63, 3.8) is 0 Å². The van der Waals surface area contributed by atoms with Gasteiger partial charge in [-0.05, 0) is 44.2 Å². The van der Waals surface area contributed by atoms with Crippen molar-refractivity contribution in [3.8, 4) is 11.3 Å². The Morgan fingerprint density at radius 1 is 1.11 bits per heavy atom. The van der Waals surface area contributed by atoms with Gasteiger partial charge in [-0.3, -0.25) is 4.79 Å². The number of nitrogens with zero attached hydrogens (tertiary/aromatic N) is 4. The SMILES string of the molecule is O=C(Nc1ccc(-c2cn3nc4c(nc3n2)CCCC4)cc1)[C@@H]1CCOC1. The minimum absolute atomic E-state index is 0.0203. The zero-order valence-electron chi connectivity index (χ0n) is 15.0. The molecule has 0 saturated carbocycles. The molecule has 1 aromatic carbocycles. The first-order valence-corrected chi connectivity index (χ1v) is 9.50. The maximum absolute atomic E-state index is 12.2. The van der Waals surface area contributed by atoms with E-state index < -0.39 is 0 Å². The quantitative estimate of drug-likeness (QED) is 0.774. The maximum Gasteiger partial charge on any atom is 0.251 e. The molecular weight excluding hydrogens is 342 g/mol. The topological polar surface area (TPSA) is 81.4 Å². The number of aryl methyl sites for hydroxylation is 2. The predicted octanol–water partition coefficient (Wildman–Crippen LogP) is 2.65. The standard InChI is InChI=1S/C20H21N5O2/c26-19(14-9-10-27-12-14)21-15-7-5-13(6-8-15)18-11-25-20(23-18)22-16-3-1-2-4-17(16)24-25/h5-8,11,14H,1-4,9-10,12H2,(H,21,26)/t14-/m1/s1. The molecule has 5 rings (SSSR count). The summed E-state index contributed by atoms with van der Waals surface area (Å²) >= 11 is 0. The number of anilines is 1. The first-order chi connectivity index (χ1) is 13.3. The van der Waals surface area contributed by atoms with Crippen LogP contribution in [0.3, 0.4) is 0 Å². The van der Waals surface area contributed by atoms with Gasteiger partial charge in [0.15, 0.2) is 0 Å². The van der Waals surface area contributed by atoms with Crippen LogP contribution in [0.2, 0.25) is 0 Å². The van der Waals surface area contributed by atoms with Crippen molar-refractivity contribution in [3.05, 3.63) is 41.9 Å². The van der Waals surface area contributed by atoms with Crippen LogP contribution < -0.4 is 5.32 Å². The summed E-state index contributed by atoms with van der Waals surface area (Å²) in [6.45, 7) is 1.17. The maximum atomic E-state index is 12.2. The lowest BCUT2D eigenvalue weighted by Crippen LogP contribution is -2.22. The Morgan fingerprint density at radius 3 is 2.70 bits per heavy atom. The summed E-state index contributed by atoms with van der Waals surface area (Å²) in [5, 5.41) is 7.64. The molecule has 1 amide bonds. The number of nitrogens with one attached hydrogen (secondary N) is 1. The van der Waals surface area contributed by atoms with Gasteiger partial charge < -0.3 is 10.1 Å². The Kier molecular flexibility index (Phi) is 4.09. The van der Waals surface area contributed by atoms with Gasteiger partial charge in [0.05, 0.1) is 35.8 Å². The fraction of sp³-hybridized carbons (Fsp3) is 0.400. The van der Waals surface area contributed by atoms with Crippen molar-refractivity contribution in [1.29, 1.82) is 0 Å². The molecule has 0 radical (unpaired) electrons. The van der Waals surface area contributed by atoms with E-state index in [2.05, 4.69) is 20.4 Å². The van der Waals surface area contributed by atoms with Gasteiger partial charge in [-0.25, -0.2) is 14.5 Å². The Morgan fingerprint density at radius 2 is 1.93 bits per heavy atom.